The summed E-state index contributed by atoms with van der Waals surface area (Å²) < 4.78 is 50.7. The maximum atomic E-state index is 13.1. The lowest BCUT2D eigenvalue weighted by atomic mass is 9.87. The van der Waals surface area contributed by atoms with E-state index >= 15 is 0 Å². The maximum Gasteiger partial charge on any atom is 0.419 e. The number of amides is 1. The molecule has 0 heterocycles. The molecule has 0 aliphatic heterocycles. The number of hydrogen-bond acceptors (Lipinski definition) is 2. The average Bonchev–Trinajstić information content (AvgIpc) is 2.27. The Bertz CT molecular complexity index is 506. The molecule has 1 amide bonds. The van der Waals surface area contributed by atoms with E-state index in [0.717, 1.165) is 6.07 Å². The van der Waals surface area contributed by atoms with Crippen molar-refractivity contribution in [2.75, 3.05) is 5.32 Å². The number of nitrogens with two attached hydrogens (primary N) is 1. The van der Waals surface area contributed by atoms with E-state index in [9.17, 15) is 22.4 Å². The highest BCUT2D eigenvalue weighted by Gasteiger charge is 2.34. The monoisotopic (exact) mass is 292 g/mol. The van der Waals surface area contributed by atoms with Gasteiger partial charge < -0.3 is 11.1 Å². The summed E-state index contributed by atoms with van der Waals surface area (Å²) in [6, 6.07) is 1.35. The van der Waals surface area contributed by atoms with Gasteiger partial charge in [0.15, 0.2) is 0 Å². The quantitative estimate of drug-likeness (QED) is 0.823. The number of carbonyl (C=O) groups is 1. The highest BCUT2D eigenvalue weighted by Crippen LogP contribution is 2.33. The van der Waals surface area contributed by atoms with Crippen molar-refractivity contribution in [3.63, 3.8) is 0 Å². The van der Waals surface area contributed by atoms with Crippen molar-refractivity contribution < 1.29 is 22.4 Å². The van der Waals surface area contributed by atoms with Crippen LogP contribution in [0.25, 0.3) is 0 Å². The molecule has 0 aliphatic carbocycles. The molecule has 0 saturated heterocycles. The zero-order valence-electron chi connectivity index (χ0n) is 11.3. The van der Waals surface area contributed by atoms with Gasteiger partial charge in [-0.2, -0.15) is 13.2 Å². The highest BCUT2D eigenvalue weighted by molar-refractivity contribution is 5.95. The number of alkyl halides is 3. The molecule has 1 atom stereocenters. The summed E-state index contributed by atoms with van der Waals surface area (Å²) in [7, 11) is 0. The molecule has 20 heavy (non-hydrogen) atoms. The van der Waals surface area contributed by atoms with E-state index < -0.39 is 34.9 Å². The van der Waals surface area contributed by atoms with Gasteiger partial charge in [-0.05, 0) is 23.6 Å². The number of benzene rings is 1. The van der Waals surface area contributed by atoms with Crippen molar-refractivity contribution in [1.82, 2.24) is 0 Å². The zero-order valence-corrected chi connectivity index (χ0v) is 11.3. The number of hydrogen-bond donors (Lipinski definition) is 2. The van der Waals surface area contributed by atoms with Gasteiger partial charge in [-0.25, -0.2) is 4.39 Å². The van der Waals surface area contributed by atoms with Crippen LogP contribution in [0.4, 0.5) is 23.2 Å². The minimum Gasteiger partial charge on any atom is -0.325 e. The summed E-state index contributed by atoms with van der Waals surface area (Å²) in [5, 5.41) is 2.26. The van der Waals surface area contributed by atoms with E-state index in [0.29, 0.717) is 12.1 Å². The Morgan fingerprint density at radius 2 is 1.80 bits per heavy atom. The van der Waals surface area contributed by atoms with Crippen LogP contribution in [-0.2, 0) is 11.0 Å². The fourth-order valence-electron chi connectivity index (χ4n) is 1.43. The first-order chi connectivity index (χ1) is 8.93. The van der Waals surface area contributed by atoms with Crippen LogP contribution in [0.15, 0.2) is 18.2 Å². The van der Waals surface area contributed by atoms with E-state index in [-0.39, 0.29) is 5.69 Å². The summed E-state index contributed by atoms with van der Waals surface area (Å²) >= 11 is 0. The first-order valence-corrected chi connectivity index (χ1v) is 5.86. The third kappa shape index (κ3) is 3.93. The van der Waals surface area contributed by atoms with E-state index in [1.807, 2.05) is 0 Å². The Hall–Kier alpha value is -1.63. The number of anilines is 1. The molecule has 0 saturated carbocycles. The molecule has 0 bridgehead atoms. The third-order valence-corrected chi connectivity index (χ3v) is 2.75. The lowest BCUT2D eigenvalue weighted by Gasteiger charge is -2.25. The van der Waals surface area contributed by atoms with Gasteiger partial charge in [0.1, 0.15) is 5.82 Å². The zero-order chi connectivity index (χ0) is 15.7. The number of carbonyl (C=O) groups excluding carboxylic acids is 1. The van der Waals surface area contributed by atoms with E-state index in [2.05, 4.69) is 5.32 Å². The van der Waals surface area contributed by atoms with E-state index in [1.54, 1.807) is 20.8 Å². The number of rotatable bonds is 2. The largest absolute Gasteiger partial charge is 0.419 e. The van der Waals surface area contributed by atoms with Gasteiger partial charge in [0.2, 0.25) is 5.91 Å². The van der Waals surface area contributed by atoms with Gasteiger partial charge in [-0.1, -0.05) is 20.8 Å². The first kappa shape index (κ1) is 16.4. The average molecular weight is 292 g/mol. The van der Waals surface area contributed by atoms with Crippen LogP contribution in [-0.4, -0.2) is 11.9 Å². The third-order valence-electron chi connectivity index (χ3n) is 2.75. The van der Waals surface area contributed by atoms with Gasteiger partial charge in [0, 0.05) is 5.69 Å². The summed E-state index contributed by atoms with van der Waals surface area (Å²) in [6.45, 7) is 5.18. The predicted octanol–water partition coefficient (Wildman–Crippen LogP) is 3.16. The molecular weight excluding hydrogens is 276 g/mol. The predicted molar refractivity (Wildman–Crippen MR) is 67.5 cm³/mol. The Kier molecular flexibility index (Phi) is 4.43. The van der Waals surface area contributed by atoms with Crippen LogP contribution in [0.5, 0.6) is 0 Å². The topological polar surface area (TPSA) is 55.1 Å². The Labute approximate surface area is 114 Å². The Balaban J connectivity index is 2.98. The molecule has 7 heteroatoms. The van der Waals surface area contributed by atoms with Crippen LogP contribution < -0.4 is 11.1 Å². The van der Waals surface area contributed by atoms with Gasteiger partial charge in [-0.15, -0.1) is 0 Å². The number of halogens is 4. The van der Waals surface area contributed by atoms with Crippen LogP contribution >= 0.6 is 0 Å². The summed E-state index contributed by atoms with van der Waals surface area (Å²) in [5.74, 6) is -2.02. The molecule has 0 aromatic heterocycles. The maximum absolute atomic E-state index is 13.1. The number of nitrogens with one attached hydrogen (secondary N) is 1. The van der Waals surface area contributed by atoms with Crippen LogP contribution in [0.1, 0.15) is 26.3 Å². The van der Waals surface area contributed by atoms with E-state index in [4.69, 9.17) is 5.73 Å². The molecule has 1 aromatic carbocycles. The standard InChI is InChI=1S/C13H16F4N2O/c1-12(2,3)10(18)11(20)19-7-4-5-9(14)8(6-7)13(15,16)17/h4-6,10H,18H2,1-3H3,(H,19,20)/t10-/m0/s1. The highest BCUT2D eigenvalue weighted by atomic mass is 19.4. The van der Waals surface area contributed by atoms with Crippen molar-refractivity contribution >= 4 is 11.6 Å². The SMILES string of the molecule is CC(C)(C)[C@@H](N)C(=O)Nc1ccc(F)c(C(F)(F)F)c1. The second kappa shape index (κ2) is 5.40. The molecule has 1 rings (SSSR count). The molecule has 0 spiro atoms. The minimum absolute atomic E-state index is 0.150. The molecule has 1 aromatic rings. The molecule has 3 nitrogen and oxygen atoms in total. The smallest absolute Gasteiger partial charge is 0.325 e. The lowest BCUT2D eigenvalue weighted by molar-refractivity contribution is -0.140. The Morgan fingerprint density at radius 1 is 1.25 bits per heavy atom. The molecular formula is C13H16F4N2O. The first-order valence-electron chi connectivity index (χ1n) is 5.86. The van der Waals surface area contributed by atoms with Gasteiger partial charge in [0.05, 0.1) is 11.6 Å². The molecule has 0 fully saturated rings. The second-order valence-electron chi connectivity index (χ2n) is 5.53. The van der Waals surface area contributed by atoms with Crippen molar-refractivity contribution in [1.29, 1.82) is 0 Å². The lowest BCUT2D eigenvalue weighted by Crippen LogP contribution is -2.45. The Morgan fingerprint density at radius 3 is 2.25 bits per heavy atom. The summed E-state index contributed by atoms with van der Waals surface area (Å²) in [6.07, 6.45) is -4.82. The van der Waals surface area contributed by atoms with Gasteiger partial charge in [0.25, 0.3) is 0 Å². The van der Waals surface area contributed by atoms with Crippen LogP contribution in [0.3, 0.4) is 0 Å². The minimum atomic E-state index is -4.82. The molecule has 3 N–H and O–H groups in total. The summed E-state index contributed by atoms with van der Waals surface area (Å²) in [5.41, 5.74) is 3.56. The van der Waals surface area contributed by atoms with Gasteiger partial charge in [-0.3, -0.25) is 4.79 Å². The van der Waals surface area contributed by atoms with Crippen LogP contribution in [0.2, 0.25) is 0 Å². The fourth-order valence-corrected chi connectivity index (χ4v) is 1.43. The van der Waals surface area contributed by atoms with E-state index in [1.165, 1.54) is 0 Å². The van der Waals surface area contributed by atoms with Crippen molar-refractivity contribution in [3.8, 4) is 0 Å². The molecule has 0 radical (unpaired) electrons. The normalized spacial score (nSPS) is 14.0. The second-order valence-corrected chi connectivity index (χ2v) is 5.53. The molecule has 0 unspecified atom stereocenters. The summed E-state index contributed by atoms with van der Waals surface area (Å²) in [4.78, 5) is 11.8. The van der Waals surface area contributed by atoms with Crippen molar-refractivity contribution in [2.45, 2.75) is 33.0 Å². The van der Waals surface area contributed by atoms with Gasteiger partial charge >= 0.3 is 6.18 Å². The van der Waals surface area contributed by atoms with Crippen molar-refractivity contribution in [3.05, 3.63) is 29.6 Å². The van der Waals surface area contributed by atoms with Crippen molar-refractivity contribution in [2.24, 2.45) is 11.1 Å². The molecule has 0 aliphatic rings. The molecule has 112 valence electrons. The fraction of sp³-hybridized carbons (Fsp3) is 0.462. The van der Waals surface area contributed by atoms with Crippen LogP contribution in [0, 0.1) is 11.2 Å².